The summed E-state index contributed by atoms with van der Waals surface area (Å²) in [6, 6.07) is 0.377. The zero-order valence-corrected chi connectivity index (χ0v) is 9.53. The van der Waals surface area contributed by atoms with Crippen LogP contribution in [0.3, 0.4) is 0 Å². The zero-order chi connectivity index (χ0) is 10.9. The average molecular weight is 215 g/mol. The van der Waals surface area contributed by atoms with Crippen molar-refractivity contribution in [3.63, 3.8) is 0 Å². The first-order valence-corrected chi connectivity index (χ1v) is 5.81. The largest absolute Gasteiger partial charge is 0.386 e. The first kappa shape index (κ1) is 11.3. The SMILES string of the molecule is CC1OCCC1NCC1(O)CCOC1C. The number of nitrogens with one attached hydrogen (secondary N) is 1. The molecule has 4 heteroatoms. The summed E-state index contributed by atoms with van der Waals surface area (Å²) >= 11 is 0. The van der Waals surface area contributed by atoms with Crippen molar-refractivity contribution in [2.45, 2.75) is 50.5 Å². The van der Waals surface area contributed by atoms with Gasteiger partial charge in [0.1, 0.15) is 5.60 Å². The van der Waals surface area contributed by atoms with Crippen LogP contribution in [-0.2, 0) is 9.47 Å². The Morgan fingerprint density at radius 1 is 1.33 bits per heavy atom. The van der Waals surface area contributed by atoms with Gasteiger partial charge in [-0.3, -0.25) is 0 Å². The number of hydrogen-bond acceptors (Lipinski definition) is 4. The van der Waals surface area contributed by atoms with E-state index in [0.717, 1.165) is 19.4 Å². The summed E-state index contributed by atoms with van der Waals surface area (Å²) < 4.78 is 10.9. The van der Waals surface area contributed by atoms with Gasteiger partial charge in [-0.1, -0.05) is 0 Å². The van der Waals surface area contributed by atoms with Crippen molar-refractivity contribution in [1.29, 1.82) is 0 Å². The fraction of sp³-hybridized carbons (Fsp3) is 1.00. The fourth-order valence-electron chi connectivity index (χ4n) is 2.31. The second-order valence-corrected chi connectivity index (χ2v) is 4.72. The van der Waals surface area contributed by atoms with Gasteiger partial charge in [0.05, 0.1) is 12.2 Å². The van der Waals surface area contributed by atoms with E-state index in [2.05, 4.69) is 12.2 Å². The molecule has 0 saturated carbocycles. The molecular formula is C11H21NO3. The molecule has 2 saturated heterocycles. The predicted molar refractivity (Wildman–Crippen MR) is 56.8 cm³/mol. The highest BCUT2D eigenvalue weighted by Gasteiger charge is 2.40. The van der Waals surface area contributed by atoms with E-state index in [9.17, 15) is 5.11 Å². The molecule has 0 aromatic rings. The van der Waals surface area contributed by atoms with Crippen molar-refractivity contribution in [1.82, 2.24) is 5.32 Å². The normalized spacial score (nSPS) is 46.2. The van der Waals surface area contributed by atoms with Crippen LogP contribution in [0.25, 0.3) is 0 Å². The molecule has 2 heterocycles. The third kappa shape index (κ3) is 2.33. The van der Waals surface area contributed by atoms with Crippen LogP contribution in [0.4, 0.5) is 0 Å². The summed E-state index contributed by atoms with van der Waals surface area (Å²) in [6.45, 7) is 6.10. The first-order valence-electron chi connectivity index (χ1n) is 5.81. The molecule has 0 amide bonds. The highest BCUT2D eigenvalue weighted by atomic mass is 16.5. The maximum absolute atomic E-state index is 10.3. The summed E-state index contributed by atoms with van der Waals surface area (Å²) in [5, 5.41) is 13.7. The minimum atomic E-state index is -0.692. The molecule has 4 atom stereocenters. The van der Waals surface area contributed by atoms with Crippen LogP contribution in [0.1, 0.15) is 26.7 Å². The lowest BCUT2D eigenvalue weighted by Crippen LogP contribution is -2.50. The molecule has 2 aliphatic rings. The molecule has 0 aromatic carbocycles. The van der Waals surface area contributed by atoms with Gasteiger partial charge in [-0.05, 0) is 20.3 Å². The second kappa shape index (κ2) is 4.37. The average Bonchev–Trinajstić information content (AvgIpc) is 2.73. The Morgan fingerprint density at radius 3 is 2.67 bits per heavy atom. The van der Waals surface area contributed by atoms with E-state index in [1.165, 1.54) is 0 Å². The van der Waals surface area contributed by atoms with Gasteiger partial charge in [-0.2, -0.15) is 0 Å². The molecule has 88 valence electrons. The van der Waals surface area contributed by atoms with Gasteiger partial charge in [0, 0.05) is 32.2 Å². The fourth-order valence-corrected chi connectivity index (χ4v) is 2.31. The Hall–Kier alpha value is -0.160. The van der Waals surface area contributed by atoms with Crippen LogP contribution in [0.2, 0.25) is 0 Å². The van der Waals surface area contributed by atoms with Gasteiger partial charge >= 0.3 is 0 Å². The number of ether oxygens (including phenoxy) is 2. The Balaban J connectivity index is 1.81. The minimum Gasteiger partial charge on any atom is -0.386 e. The number of aliphatic hydroxyl groups is 1. The third-order valence-corrected chi connectivity index (χ3v) is 3.71. The van der Waals surface area contributed by atoms with E-state index < -0.39 is 5.60 Å². The van der Waals surface area contributed by atoms with Gasteiger partial charge in [-0.15, -0.1) is 0 Å². The van der Waals surface area contributed by atoms with Gasteiger partial charge < -0.3 is 19.9 Å². The van der Waals surface area contributed by atoms with Crippen molar-refractivity contribution in [2.75, 3.05) is 19.8 Å². The third-order valence-electron chi connectivity index (χ3n) is 3.71. The quantitative estimate of drug-likeness (QED) is 0.710. The summed E-state index contributed by atoms with van der Waals surface area (Å²) in [7, 11) is 0. The van der Waals surface area contributed by atoms with E-state index in [1.807, 2.05) is 6.92 Å². The molecule has 2 aliphatic heterocycles. The Kier molecular flexibility index (Phi) is 3.30. The standard InChI is InChI=1S/C11H21NO3/c1-8-10(3-5-14-8)12-7-11(13)4-6-15-9(11)2/h8-10,12-13H,3-7H2,1-2H3. The van der Waals surface area contributed by atoms with E-state index in [0.29, 0.717) is 19.2 Å². The molecule has 0 radical (unpaired) electrons. The Morgan fingerprint density at radius 2 is 2.13 bits per heavy atom. The van der Waals surface area contributed by atoms with Gasteiger partial charge in [0.25, 0.3) is 0 Å². The summed E-state index contributed by atoms with van der Waals surface area (Å²) in [4.78, 5) is 0. The lowest BCUT2D eigenvalue weighted by Gasteiger charge is -2.28. The molecule has 0 aliphatic carbocycles. The van der Waals surface area contributed by atoms with Crippen LogP contribution in [0.15, 0.2) is 0 Å². The lowest BCUT2D eigenvalue weighted by atomic mass is 9.96. The topological polar surface area (TPSA) is 50.7 Å². The van der Waals surface area contributed by atoms with Crippen molar-refractivity contribution in [2.24, 2.45) is 0 Å². The van der Waals surface area contributed by atoms with Crippen LogP contribution >= 0.6 is 0 Å². The van der Waals surface area contributed by atoms with Crippen molar-refractivity contribution >= 4 is 0 Å². The molecule has 4 unspecified atom stereocenters. The Bertz CT molecular complexity index is 224. The molecule has 2 fully saturated rings. The molecule has 0 bridgehead atoms. The van der Waals surface area contributed by atoms with E-state index in [1.54, 1.807) is 0 Å². The summed E-state index contributed by atoms with van der Waals surface area (Å²) in [5.41, 5.74) is -0.692. The molecule has 0 spiro atoms. The minimum absolute atomic E-state index is 0.0670. The van der Waals surface area contributed by atoms with Crippen LogP contribution in [0, 0.1) is 0 Å². The van der Waals surface area contributed by atoms with Crippen LogP contribution < -0.4 is 5.32 Å². The van der Waals surface area contributed by atoms with Crippen LogP contribution in [-0.4, -0.2) is 48.7 Å². The van der Waals surface area contributed by atoms with Crippen molar-refractivity contribution in [3.8, 4) is 0 Å². The second-order valence-electron chi connectivity index (χ2n) is 4.72. The molecule has 4 nitrogen and oxygen atoms in total. The van der Waals surface area contributed by atoms with Gasteiger partial charge in [0.15, 0.2) is 0 Å². The highest BCUT2D eigenvalue weighted by Crippen LogP contribution is 2.25. The maximum Gasteiger partial charge on any atom is 0.105 e. The van der Waals surface area contributed by atoms with E-state index >= 15 is 0 Å². The molecular weight excluding hydrogens is 194 g/mol. The highest BCUT2D eigenvalue weighted by molar-refractivity contribution is 4.93. The monoisotopic (exact) mass is 215 g/mol. The number of rotatable bonds is 3. The van der Waals surface area contributed by atoms with Crippen molar-refractivity contribution in [3.05, 3.63) is 0 Å². The lowest BCUT2D eigenvalue weighted by molar-refractivity contribution is -0.0288. The molecule has 15 heavy (non-hydrogen) atoms. The summed E-state index contributed by atoms with van der Waals surface area (Å²) in [5.74, 6) is 0. The number of hydrogen-bond donors (Lipinski definition) is 2. The maximum atomic E-state index is 10.3. The van der Waals surface area contributed by atoms with Gasteiger partial charge in [-0.25, -0.2) is 0 Å². The smallest absolute Gasteiger partial charge is 0.105 e. The summed E-state index contributed by atoms with van der Waals surface area (Å²) in [6.07, 6.45) is 1.95. The van der Waals surface area contributed by atoms with E-state index in [4.69, 9.17) is 9.47 Å². The zero-order valence-electron chi connectivity index (χ0n) is 9.53. The first-order chi connectivity index (χ1) is 7.12. The molecule has 0 aromatic heterocycles. The van der Waals surface area contributed by atoms with Gasteiger partial charge in [0.2, 0.25) is 0 Å². The van der Waals surface area contributed by atoms with Crippen LogP contribution in [0.5, 0.6) is 0 Å². The molecule has 2 rings (SSSR count). The van der Waals surface area contributed by atoms with E-state index in [-0.39, 0.29) is 12.2 Å². The predicted octanol–water partition coefficient (Wildman–Crippen LogP) is 0.293. The molecule has 2 N–H and O–H groups in total. The Labute approximate surface area is 90.9 Å². The van der Waals surface area contributed by atoms with Crippen molar-refractivity contribution < 1.29 is 14.6 Å².